The molecule has 0 saturated carbocycles. The Kier molecular flexibility index (Phi) is 9.77. The largest absolute Gasteiger partial charge is 0.489 e. The number of halogens is 2. The molecule has 0 atom stereocenters. The summed E-state index contributed by atoms with van der Waals surface area (Å²) in [6.45, 7) is 8.50. The predicted molar refractivity (Wildman–Crippen MR) is 148 cm³/mol. The lowest BCUT2D eigenvalue weighted by Gasteiger charge is -2.19. The number of hydrogen-bond acceptors (Lipinski definition) is 8. The molecule has 1 heterocycles. The number of hydrogen-bond donors (Lipinski definition) is 4. The molecular weight excluding hydrogens is 575 g/mol. The summed E-state index contributed by atoms with van der Waals surface area (Å²) in [6, 6.07) is 7.74. The van der Waals surface area contributed by atoms with E-state index in [4.69, 9.17) is 9.47 Å². The number of ether oxygens (including phenoxy) is 2. The molecule has 13 heteroatoms. The number of nitrogens with one attached hydrogen (secondary N) is 4. The van der Waals surface area contributed by atoms with Gasteiger partial charge in [-0.05, 0) is 51.1 Å². The minimum absolute atomic E-state index is 0.0426. The van der Waals surface area contributed by atoms with E-state index < -0.39 is 29.3 Å². The molecule has 0 aliphatic rings. The van der Waals surface area contributed by atoms with Gasteiger partial charge in [0.15, 0.2) is 0 Å². The summed E-state index contributed by atoms with van der Waals surface area (Å²) >= 11 is 3.22. The van der Waals surface area contributed by atoms with Gasteiger partial charge in [0.2, 0.25) is 11.8 Å². The van der Waals surface area contributed by atoms with E-state index in [1.165, 1.54) is 12.4 Å². The number of aromatic nitrogens is 2. The zero-order chi connectivity index (χ0) is 28.6. The third-order valence-corrected chi connectivity index (χ3v) is 5.33. The second-order valence-electron chi connectivity index (χ2n) is 9.08. The SMILES string of the molecule is C=CC(=O)Nc1cc2c(Nc3ccc(Br)cc3F)ncnc2cc1OCCNC(=O)CNC(=O)OC(C)(C)C. The Balaban J connectivity index is 1.71. The summed E-state index contributed by atoms with van der Waals surface area (Å²) < 4.78 is 25.9. The highest BCUT2D eigenvalue weighted by Crippen LogP contribution is 2.34. The molecule has 3 amide bonds. The number of alkyl carbamates (subject to hydrolysis) is 1. The van der Waals surface area contributed by atoms with Gasteiger partial charge in [-0.1, -0.05) is 22.5 Å². The first-order valence-electron chi connectivity index (χ1n) is 11.8. The molecule has 0 aliphatic heterocycles. The molecule has 0 bridgehead atoms. The zero-order valence-corrected chi connectivity index (χ0v) is 23.1. The number of carbonyl (C=O) groups excluding carboxylic acids is 3. The summed E-state index contributed by atoms with van der Waals surface area (Å²) in [5.74, 6) is -0.817. The predicted octanol–water partition coefficient (Wildman–Crippen LogP) is 4.42. The fraction of sp³-hybridized carbons (Fsp3) is 0.269. The lowest BCUT2D eigenvalue weighted by molar-refractivity contribution is -0.120. The summed E-state index contributed by atoms with van der Waals surface area (Å²) in [5.41, 5.74) is 0.276. The van der Waals surface area contributed by atoms with Crippen molar-refractivity contribution >= 4 is 61.9 Å². The van der Waals surface area contributed by atoms with Crippen LogP contribution in [0.2, 0.25) is 0 Å². The van der Waals surface area contributed by atoms with Gasteiger partial charge in [0.25, 0.3) is 0 Å². The van der Waals surface area contributed by atoms with Crippen LogP contribution in [-0.4, -0.2) is 53.2 Å². The molecule has 2 aromatic carbocycles. The fourth-order valence-electron chi connectivity index (χ4n) is 3.18. The number of nitrogens with zero attached hydrogens (tertiary/aromatic N) is 2. The fourth-order valence-corrected chi connectivity index (χ4v) is 3.52. The maximum Gasteiger partial charge on any atom is 0.408 e. The van der Waals surface area contributed by atoms with Crippen LogP contribution in [0, 0.1) is 5.82 Å². The Morgan fingerprint density at radius 2 is 1.87 bits per heavy atom. The van der Waals surface area contributed by atoms with Gasteiger partial charge in [0, 0.05) is 15.9 Å². The summed E-state index contributed by atoms with van der Waals surface area (Å²) in [7, 11) is 0. The molecule has 0 spiro atoms. The molecule has 0 unspecified atom stereocenters. The van der Waals surface area contributed by atoms with E-state index in [1.807, 2.05) is 0 Å². The van der Waals surface area contributed by atoms with E-state index in [-0.39, 0.29) is 31.1 Å². The first kappa shape index (κ1) is 29.3. The van der Waals surface area contributed by atoms with Crippen molar-refractivity contribution in [2.24, 2.45) is 0 Å². The smallest absolute Gasteiger partial charge is 0.408 e. The number of carbonyl (C=O) groups is 3. The van der Waals surface area contributed by atoms with Gasteiger partial charge in [-0.3, -0.25) is 9.59 Å². The van der Waals surface area contributed by atoms with Crippen molar-refractivity contribution in [1.82, 2.24) is 20.6 Å². The topological polar surface area (TPSA) is 144 Å². The first-order valence-corrected chi connectivity index (χ1v) is 12.5. The second-order valence-corrected chi connectivity index (χ2v) is 10.00. The van der Waals surface area contributed by atoms with Gasteiger partial charge in [-0.25, -0.2) is 19.2 Å². The van der Waals surface area contributed by atoms with Crippen molar-refractivity contribution in [2.75, 3.05) is 30.3 Å². The average molecular weight is 603 g/mol. The van der Waals surface area contributed by atoms with Crippen molar-refractivity contribution in [3.8, 4) is 5.75 Å². The molecule has 0 radical (unpaired) electrons. The quantitative estimate of drug-likeness (QED) is 0.197. The molecule has 11 nitrogen and oxygen atoms in total. The Labute approximate surface area is 232 Å². The monoisotopic (exact) mass is 602 g/mol. The molecule has 3 rings (SSSR count). The molecule has 0 fully saturated rings. The molecular formula is C26H28BrFN6O5. The molecule has 206 valence electrons. The molecule has 4 N–H and O–H groups in total. The van der Waals surface area contributed by atoms with Crippen molar-refractivity contribution in [3.05, 3.63) is 59.6 Å². The summed E-state index contributed by atoms with van der Waals surface area (Å²) in [4.78, 5) is 44.2. The van der Waals surface area contributed by atoms with E-state index in [0.717, 1.165) is 6.08 Å². The standard InChI is InChI=1S/C26H28BrFN6O5/c1-5-22(35)33-20-11-16-19(31-14-32-24(16)34-18-7-6-15(27)10-17(18)28)12-21(20)38-9-8-29-23(36)13-30-25(37)39-26(2,3)4/h5-7,10-12,14H,1,8-9,13H2,2-4H3,(H,29,36)(H,30,37)(H,33,35)(H,31,32,34). The van der Waals surface area contributed by atoms with Crippen LogP contribution in [0.1, 0.15) is 20.8 Å². The van der Waals surface area contributed by atoms with Crippen LogP contribution in [0.15, 0.2) is 53.8 Å². The van der Waals surface area contributed by atoms with Crippen LogP contribution in [-0.2, 0) is 14.3 Å². The number of benzene rings is 2. The number of anilines is 3. The van der Waals surface area contributed by atoms with E-state index in [0.29, 0.717) is 26.9 Å². The van der Waals surface area contributed by atoms with Crippen molar-refractivity contribution in [1.29, 1.82) is 0 Å². The van der Waals surface area contributed by atoms with Gasteiger partial charge in [0.1, 0.15) is 35.9 Å². The Morgan fingerprint density at radius 1 is 1.10 bits per heavy atom. The van der Waals surface area contributed by atoms with Crippen LogP contribution < -0.4 is 26.0 Å². The number of rotatable bonds is 10. The van der Waals surface area contributed by atoms with Crippen molar-refractivity contribution in [3.63, 3.8) is 0 Å². The summed E-state index contributed by atoms with van der Waals surface area (Å²) in [6.07, 6.45) is 1.71. The lowest BCUT2D eigenvalue weighted by Crippen LogP contribution is -2.40. The van der Waals surface area contributed by atoms with Crippen LogP contribution >= 0.6 is 15.9 Å². The third kappa shape index (κ3) is 8.92. The molecule has 0 saturated heterocycles. The number of fused-ring (bicyclic) bond motifs is 1. The molecule has 3 aromatic rings. The minimum Gasteiger partial charge on any atom is -0.489 e. The highest BCUT2D eigenvalue weighted by atomic mass is 79.9. The molecule has 39 heavy (non-hydrogen) atoms. The van der Waals surface area contributed by atoms with Crippen molar-refractivity contribution < 1.29 is 28.2 Å². The maximum atomic E-state index is 14.4. The van der Waals surface area contributed by atoms with E-state index in [1.54, 1.807) is 45.0 Å². The van der Waals surface area contributed by atoms with Crippen LogP contribution in [0.3, 0.4) is 0 Å². The number of amides is 3. The van der Waals surface area contributed by atoms with E-state index in [9.17, 15) is 18.8 Å². The van der Waals surface area contributed by atoms with Crippen LogP contribution in [0.25, 0.3) is 10.9 Å². The second kappa shape index (κ2) is 13.0. The van der Waals surface area contributed by atoms with E-state index in [2.05, 4.69) is 53.7 Å². The van der Waals surface area contributed by atoms with Gasteiger partial charge < -0.3 is 30.7 Å². The van der Waals surface area contributed by atoms with Crippen molar-refractivity contribution in [2.45, 2.75) is 26.4 Å². The van der Waals surface area contributed by atoms with E-state index >= 15 is 0 Å². The average Bonchev–Trinajstić information content (AvgIpc) is 2.86. The van der Waals surface area contributed by atoms with Gasteiger partial charge in [0.05, 0.1) is 30.0 Å². The normalized spacial score (nSPS) is 10.9. The van der Waals surface area contributed by atoms with Gasteiger partial charge in [-0.15, -0.1) is 0 Å². The third-order valence-electron chi connectivity index (χ3n) is 4.84. The van der Waals surface area contributed by atoms with Crippen LogP contribution in [0.4, 0.5) is 26.4 Å². The highest BCUT2D eigenvalue weighted by Gasteiger charge is 2.17. The lowest BCUT2D eigenvalue weighted by atomic mass is 10.1. The molecule has 0 aliphatic carbocycles. The van der Waals surface area contributed by atoms with Gasteiger partial charge in [-0.2, -0.15) is 0 Å². The Bertz CT molecular complexity index is 1400. The Hall–Kier alpha value is -4.26. The van der Waals surface area contributed by atoms with Crippen LogP contribution in [0.5, 0.6) is 5.75 Å². The van der Waals surface area contributed by atoms with Gasteiger partial charge >= 0.3 is 6.09 Å². The molecule has 1 aromatic heterocycles. The minimum atomic E-state index is -0.702. The highest BCUT2D eigenvalue weighted by molar-refractivity contribution is 9.10. The maximum absolute atomic E-state index is 14.4. The Morgan fingerprint density at radius 3 is 2.56 bits per heavy atom. The summed E-state index contributed by atoms with van der Waals surface area (Å²) in [5, 5.41) is 11.1. The zero-order valence-electron chi connectivity index (χ0n) is 21.6. The first-order chi connectivity index (χ1) is 18.4.